The molecule has 0 rings (SSSR count). The molecule has 0 aromatic heterocycles. The fourth-order valence-corrected chi connectivity index (χ4v) is 1.39. The van der Waals surface area contributed by atoms with Gasteiger partial charge in [-0.1, -0.05) is 18.6 Å². The highest BCUT2D eigenvalue weighted by Gasteiger charge is 2.02. The highest BCUT2D eigenvalue weighted by Crippen LogP contribution is 2.13. The van der Waals surface area contributed by atoms with Crippen molar-refractivity contribution in [1.82, 2.24) is 0 Å². The number of allylic oxidation sites excluding steroid dienone is 2. The lowest BCUT2D eigenvalue weighted by molar-refractivity contribution is 0.0889. The van der Waals surface area contributed by atoms with E-state index in [1.165, 1.54) is 5.57 Å². The molecular weight excluding hydrogens is 192 g/mol. The number of rotatable bonds is 7. The molecule has 88 valence electrons. The lowest BCUT2D eigenvalue weighted by Gasteiger charge is -2.09. The molecule has 3 nitrogen and oxygen atoms in total. The van der Waals surface area contributed by atoms with E-state index in [0.717, 1.165) is 25.7 Å². The van der Waals surface area contributed by atoms with Crippen LogP contribution in [0, 0.1) is 5.92 Å². The standard InChI is InChI=1S/C12H22O3/c1-10(2)6-4-7-11(3)8-5-9-15-12(13)14/h6,11H,4-5,7-9H2,1-3H3,(H,13,14). The summed E-state index contributed by atoms with van der Waals surface area (Å²) in [6, 6.07) is 0. The molecule has 0 fully saturated rings. The van der Waals surface area contributed by atoms with Gasteiger partial charge >= 0.3 is 6.16 Å². The van der Waals surface area contributed by atoms with Gasteiger partial charge < -0.3 is 9.84 Å². The molecule has 0 heterocycles. The van der Waals surface area contributed by atoms with Crippen LogP contribution in [-0.4, -0.2) is 17.9 Å². The maximum Gasteiger partial charge on any atom is 0.505 e. The van der Waals surface area contributed by atoms with E-state index >= 15 is 0 Å². The molecule has 0 aliphatic rings. The molecule has 0 spiro atoms. The van der Waals surface area contributed by atoms with Gasteiger partial charge in [0.05, 0.1) is 6.61 Å². The molecule has 0 radical (unpaired) electrons. The van der Waals surface area contributed by atoms with Gasteiger partial charge in [0.1, 0.15) is 0 Å². The van der Waals surface area contributed by atoms with E-state index in [0.29, 0.717) is 12.5 Å². The maximum absolute atomic E-state index is 10.1. The van der Waals surface area contributed by atoms with E-state index in [-0.39, 0.29) is 0 Å². The van der Waals surface area contributed by atoms with Gasteiger partial charge in [0.25, 0.3) is 0 Å². The van der Waals surface area contributed by atoms with E-state index in [1.807, 2.05) is 0 Å². The number of carboxylic acid groups (broad SMARTS) is 1. The van der Waals surface area contributed by atoms with Gasteiger partial charge in [-0.15, -0.1) is 0 Å². The van der Waals surface area contributed by atoms with Gasteiger partial charge in [-0.05, 0) is 45.4 Å². The van der Waals surface area contributed by atoms with Gasteiger partial charge in [0.2, 0.25) is 0 Å². The number of ether oxygens (including phenoxy) is 1. The maximum atomic E-state index is 10.1. The molecule has 0 amide bonds. The Balaban J connectivity index is 3.37. The van der Waals surface area contributed by atoms with Gasteiger partial charge in [0, 0.05) is 0 Å². The molecule has 0 aromatic rings. The second kappa shape index (κ2) is 8.33. The van der Waals surface area contributed by atoms with Crippen molar-refractivity contribution in [2.45, 2.75) is 46.5 Å². The number of hydrogen-bond donors (Lipinski definition) is 1. The van der Waals surface area contributed by atoms with Crippen molar-refractivity contribution in [1.29, 1.82) is 0 Å². The Bertz CT molecular complexity index is 205. The van der Waals surface area contributed by atoms with Crippen molar-refractivity contribution in [2.24, 2.45) is 5.92 Å². The lowest BCUT2D eigenvalue weighted by Crippen LogP contribution is -2.03. The largest absolute Gasteiger partial charge is 0.505 e. The zero-order chi connectivity index (χ0) is 11.7. The van der Waals surface area contributed by atoms with Crippen LogP contribution in [0.25, 0.3) is 0 Å². The van der Waals surface area contributed by atoms with E-state index in [4.69, 9.17) is 5.11 Å². The van der Waals surface area contributed by atoms with Crippen molar-refractivity contribution in [3.8, 4) is 0 Å². The zero-order valence-corrected chi connectivity index (χ0v) is 9.95. The quantitative estimate of drug-likeness (QED) is 0.398. The summed E-state index contributed by atoms with van der Waals surface area (Å²) in [6.07, 6.45) is 5.20. The first-order valence-electron chi connectivity index (χ1n) is 5.51. The highest BCUT2D eigenvalue weighted by atomic mass is 16.7. The van der Waals surface area contributed by atoms with Gasteiger partial charge in [0.15, 0.2) is 0 Å². The molecule has 0 bridgehead atoms. The second-order valence-corrected chi connectivity index (χ2v) is 4.22. The van der Waals surface area contributed by atoms with Gasteiger partial charge in [-0.3, -0.25) is 0 Å². The lowest BCUT2D eigenvalue weighted by atomic mass is 9.99. The van der Waals surface area contributed by atoms with E-state index in [2.05, 4.69) is 31.6 Å². The van der Waals surface area contributed by atoms with Crippen molar-refractivity contribution >= 4 is 6.16 Å². The summed E-state index contributed by atoms with van der Waals surface area (Å²) >= 11 is 0. The van der Waals surface area contributed by atoms with Crippen LogP contribution < -0.4 is 0 Å². The zero-order valence-electron chi connectivity index (χ0n) is 9.95. The summed E-state index contributed by atoms with van der Waals surface area (Å²) in [7, 11) is 0. The molecule has 0 aliphatic heterocycles. The minimum atomic E-state index is -1.17. The molecule has 0 aromatic carbocycles. The van der Waals surface area contributed by atoms with E-state index in [9.17, 15) is 4.79 Å². The van der Waals surface area contributed by atoms with Crippen LogP contribution in [0.15, 0.2) is 11.6 Å². The highest BCUT2D eigenvalue weighted by molar-refractivity contribution is 5.56. The third kappa shape index (κ3) is 10.9. The molecule has 1 atom stereocenters. The Morgan fingerprint density at radius 3 is 2.60 bits per heavy atom. The summed E-state index contributed by atoms with van der Waals surface area (Å²) in [5.74, 6) is 0.637. The predicted molar refractivity (Wildman–Crippen MR) is 61.0 cm³/mol. The Labute approximate surface area is 92.1 Å². The topological polar surface area (TPSA) is 46.5 Å². The molecular formula is C12H22O3. The summed E-state index contributed by atoms with van der Waals surface area (Å²) in [6.45, 7) is 6.72. The minimum Gasteiger partial charge on any atom is -0.450 e. The van der Waals surface area contributed by atoms with Crippen molar-refractivity contribution in [2.75, 3.05) is 6.61 Å². The van der Waals surface area contributed by atoms with Crippen molar-refractivity contribution in [3.63, 3.8) is 0 Å². The fraction of sp³-hybridized carbons (Fsp3) is 0.750. The Morgan fingerprint density at radius 1 is 1.40 bits per heavy atom. The van der Waals surface area contributed by atoms with Crippen LogP contribution in [0.2, 0.25) is 0 Å². The van der Waals surface area contributed by atoms with Crippen LogP contribution in [0.3, 0.4) is 0 Å². The smallest absolute Gasteiger partial charge is 0.450 e. The van der Waals surface area contributed by atoms with Crippen molar-refractivity contribution in [3.05, 3.63) is 11.6 Å². The number of carbonyl (C=O) groups is 1. The molecule has 0 saturated heterocycles. The minimum absolute atomic E-state index is 0.322. The summed E-state index contributed by atoms with van der Waals surface area (Å²) in [4.78, 5) is 10.1. The Morgan fingerprint density at radius 2 is 2.07 bits per heavy atom. The molecule has 0 aliphatic carbocycles. The Hall–Kier alpha value is -0.990. The van der Waals surface area contributed by atoms with Crippen LogP contribution in [0.1, 0.15) is 46.5 Å². The third-order valence-corrected chi connectivity index (χ3v) is 2.28. The molecule has 15 heavy (non-hydrogen) atoms. The first kappa shape index (κ1) is 14.0. The molecule has 1 N–H and O–H groups in total. The van der Waals surface area contributed by atoms with Crippen LogP contribution in [0.4, 0.5) is 4.79 Å². The normalized spacial score (nSPS) is 11.9. The summed E-state index contributed by atoms with van der Waals surface area (Å²) < 4.78 is 4.44. The van der Waals surface area contributed by atoms with Gasteiger partial charge in [-0.25, -0.2) is 4.79 Å². The van der Waals surface area contributed by atoms with Gasteiger partial charge in [-0.2, -0.15) is 0 Å². The molecule has 1 unspecified atom stereocenters. The summed E-state index contributed by atoms with van der Waals surface area (Å²) in [5.41, 5.74) is 1.36. The van der Waals surface area contributed by atoms with Crippen molar-refractivity contribution < 1.29 is 14.6 Å². The fourth-order valence-electron chi connectivity index (χ4n) is 1.39. The molecule has 0 saturated carbocycles. The van der Waals surface area contributed by atoms with Crippen LogP contribution in [-0.2, 0) is 4.74 Å². The monoisotopic (exact) mass is 214 g/mol. The number of hydrogen-bond acceptors (Lipinski definition) is 2. The Kier molecular flexibility index (Phi) is 7.78. The first-order chi connectivity index (χ1) is 7.02. The summed E-state index contributed by atoms with van der Waals surface area (Å²) in [5, 5.41) is 8.25. The SMILES string of the molecule is CC(C)=CCCC(C)CCCOC(=O)O. The predicted octanol–water partition coefficient (Wildman–Crippen LogP) is 3.84. The first-order valence-corrected chi connectivity index (χ1v) is 5.51. The third-order valence-electron chi connectivity index (χ3n) is 2.28. The average molecular weight is 214 g/mol. The average Bonchev–Trinajstić information content (AvgIpc) is 2.11. The molecule has 3 heteroatoms. The van der Waals surface area contributed by atoms with Crippen LogP contribution in [0.5, 0.6) is 0 Å². The second-order valence-electron chi connectivity index (χ2n) is 4.22. The van der Waals surface area contributed by atoms with E-state index < -0.39 is 6.16 Å². The van der Waals surface area contributed by atoms with Crippen LogP contribution >= 0.6 is 0 Å². The van der Waals surface area contributed by atoms with E-state index in [1.54, 1.807) is 0 Å².